The third-order valence-electron chi connectivity index (χ3n) is 2.83. The van der Waals surface area contributed by atoms with Gasteiger partial charge in [0.25, 0.3) is 0 Å². The number of unbranched alkanes of at least 4 members (excludes halogenated alkanes) is 3. The topological polar surface area (TPSA) is 96.2 Å². The number of hydrogen-bond acceptors (Lipinski definition) is 5. The number of nitrogens with zero attached hydrogens (tertiary/aromatic N) is 2. The van der Waals surface area contributed by atoms with Gasteiger partial charge in [-0.2, -0.15) is 0 Å². The predicted octanol–water partition coefficient (Wildman–Crippen LogP) is -2.00. The molecule has 0 aliphatic heterocycles. The van der Waals surface area contributed by atoms with Crippen LogP contribution in [0.1, 0.15) is 46.0 Å². The van der Waals surface area contributed by atoms with Gasteiger partial charge in [-0.1, -0.05) is 31.9 Å². The number of carboxylic acids is 1. The van der Waals surface area contributed by atoms with Crippen LogP contribution in [-0.2, 0) is 4.79 Å². The quantitative estimate of drug-likeness (QED) is 0.188. The molecule has 2 N–H and O–H groups in total. The molecule has 6 nitrogen and oxygen atoms in total. The monoisotopic (exact) mass is 322 g/mol. The number of allylic oxidation sites excluding steroid dienone is 1. The molecule has 0 bridgehead atoms. The number of rotatable bonds is 12. The Bertz CT molecular complexity index is 346. The first-order chi connectivity index (χ1) is 9.95. The van der Waals surface area contributed by atoms with E-state index in [-0.39, 0.29) is 55.1 Å². The fraction of sp³-hybridized carbons (Fsp3) is 0.733. The molecule has 0 saturated heterocycles. The molecule has 0 rings (SSSR count). The van der Waals surface area contributed by atoms with Crippen molar-refractivity contribution in [1.82, 2.24) is 4.90 Å². The summed E-state index contributed by atoms with van der Waals surface area (Å²) in [6.45, 7) is 4.40. The Balaban J connectivity index is 0. The van der Waals surface area contributed by atoms with Gasteiger partial charge in [-0.25, -0.2) is 0 Å². The van der Waals surface area contributed by atoms with Gasteiger partial charge in [0.2, 0.25) is 0 Å². The molecule has 0 amide bonds. The smallest absolute Gasteiger partial charge is 0.859 e. The van der Waals surface area contributed by atoms with Gasteiger partial charge >= 0.3 is 35.5 Å². The van der Waals surface area contributed by atoms with Gasteiger partial charge in [0.05, 0.1) is 19.2 Å². The Labute approximate surface area is 155 Å². The maximum absolute atomic E-state index is 11.5. The van der Waals surface area contributed by atoms with Crippen molar-refractivity contribution in [1.29, 1.82) is 0 Å². The predicted molar refractivity (Wildman–Crippen MR) is 81.1 cm³/mol. The number of aliphatic hydroxyl groups is 1. The van der Waals surface area contributed by atoms with Crippen molar-refractivity contribution in [3.05, 3.63) is 12.2 Å². The number of carbonyl (C=O) groups is 1. The van der Waals surface area contributed by atoms with Crippen molar-refractivity contribution in [3.63, 3.8) is 0 Å². The molecule has 1 atom stereocenters. The minimum Gasteiger partial charge on any atom is -0.859 e. The van der Waals surface area contributed by atoms with Crippen LogP contribution in [0.3, 0.4) is 0 Å². The second-order valence-corrected chi connectivity index (χ2v) is 5.11. The first kappa shape index (κ1) is 23.9. The number of aliphatic hydroxyl groups excluding tert-OH is 1. The van der Waals surface area contributed by atoms with Gasteiger partial charge in [-0.3, -0.25) is 14.7 Å². The molecule has 1 unspecified atom stereocenters. The summed E-state index contributed by atoms with van der Waals surface area (Å²) >= 11 is 0. The van der Waals surface area contributed by atoms with Crippen molar-refractivity contribution in [2.45, 2.75) is 52.1 Å². The Morgan fingerprint density at radius 3 is 2.64 bits per heavy atom. The van der Waals surface area contributed by atoms with E-state index in [0.29, 0.717) is 6.54 Å². The normalized spacial score (nSPS) is 13.4. The second-order valence-electron chi connectivity index (χ2n) is 5.11. The van der Waals surface area contributed by atoms with Gasteiger partial charge in [0.15, 0.2) is 0 Å². The summed E-state index contributed by atoms with van der Waals surface area (Å²) in [5.41, 5.74) is 0. The van der Waals surface area contributed by atoms with Crippen molar-refractivity contribution in [2.24, 2.45) is 4.99 Å². The van der Waals surface area contributed by atoms with Gasteiger partial charge in [-0.05, 0) is 25.7 Å². The fourth-order valence-corrected chi connectivity index (χ4v) is 1.77. The minimum absolute atomic E-state index is 0. The maximum Gasteiger partial charge on any atom is 1.00 e. The zero-order valence-electron chi connectivity index (χ0n) is 14.0. The Morgan fingerprint density at radius 2 is 2.09 bits per heavy atom. The summed E-state index contributed by atoms with van der Waals surface area (Å²) in [5, 5.41) is 29.6. The summed E-state index contributed by atoms with van der Waals surface area (Å²) in [7, 11) is 0. The van der Waals surface area contributed by atoms with Crippen molar-refractivity contribution >= 4 is 11.9 Å². The average molecular weight is 322 g/mol. The first-order valence-electron chi connectivity index (χ1n) is 7.46. The molecule has 0 saturated carbocycles. The van der Waals surface area contributed by atoms with Crippen LogP contribution >= 0.6 is 0 Å². The van der Waals surface area contributed by atoms with E-state index in [9.17, 15) is 15.0 Å². The zero-order valence-corrected chi connectivity index (χ0v) is 16.0. The molecule has 0 radical (unpaired) electrons. The Morgan fingerprint density at radius 1 is 1.41 bits per heavy atom. The van der Waals surface area contributed by atoms with E-state index in [1.165, 1.54) is 6.08 Å². The Kier molecular flexibility index (Phi) is 16.8. The summed E-state index contributed by atoms with van der Waals surface area (Å²) in [6, 6.07) is 0. The summed E-state index contributed by atoms with van der Waals surface area (Å²) in [5.74, 6) is -1.23. The molecule has 0 fully saturated rings. The zero-order chi connectivity index (χ0) is 16.1. The van der Waals surface area contributed by atoms with Gasteiger partial charge in [-0.15, -0.1) is 0 Å². The number of hydrogen-bond donors (Lipinski definition) is 2. The molecule has 122 valence electrons. The second kappa shape index (κ2) is 15.5. The molecule has 0 aromatic carbocycles. The molecule has 0 heterocycles. The van der Waals surface area contributed by atoms with Crippen LogP contribution in [0.5, 0.6) is 0 Å². The third-order valence-corrected chi connectivity index (χ3v) is 2.83. The van der Waals surface area contributed by atoms with Crippen LogP contribution in [-0.4, -0.2) is 52.8 Å². The summed E-state index contributed by atoms with van der Waals surface area (Å²) in [4.78, 5) is 16.1. The first-order valence-corrected chi connectivity index (χ1v) is 7.46. The van der Waals surface area contributed by atoms with Crippen LogP contribution in [0.2, 0.25) is 0 Å². The number of aliphatic carboxylic acids is 1. The summed E-state index contributed by atoms with van der Waals surface area (Å²) < 4.78 is 0. The fourth-order valence-electron chi connectivity index (χ4n) is 1.77. The SMILES string of the molecule is CCCCC/C=C/C([O-])=NCN(CCC(=O)O)CC(C)O.[Na+]. The van der Waals surface area contributed by atoms with E-state index in [4.69, 9.17) is 5.11 Å². The van der Waals surface area contributed by atoms with Crippen LogP contribution in [0.4, 0.5) is 0 Å². The van der Waals surface area contributed by atoms with Crippen molar-refractivity contribution < 1.29 is 49.7 Å². The Hall–Kier alpha value is -0.400. The van der Waals surface area contributed by atoms with Crippen LogP contribution in [0.25, 0.3) is 0 Å². The molecule has 0 spiro atoms. The number of aliphatic imine (C=N–C) groups is 1. The maximum atomic E-state index is 11.5. The van der Waals surface area contributed by atoms with Crippen molar-refractivity contribution in [2.75, 3.05) is 19.8 Å². The van der Waals surface area contributed by atoms with Crippen LogP contribution in [0.15, 0.2) is 17.1 Å². The van der Waals surface area contributed by atoms with E-state index >= 15 is 0 Å². The van der Waals surface area contributed by atoms with E-state index in [0.717, 1.165) is 25.7 Å². The molecule has 7 heteroatoms. The third kappa shape index (κ3) is 16.0. The van der Waals surface area contributed by atoms with E-state index in [2.05, 4.69) is 11.9 Å². The molecule has 0 aromatic rings. The van der Waals surface area contributed by atoms with E-state index in [1.54, 1.807) is 11.8 Å². The van der Waals surface area contributed by atoms with Crippen LogP contribution in [0, 0.1) is 0 Å². The van der Waals surface area contributed by atoms with E-state index < -0.39 is 12.1 Å². The molecule has 22 heavy (non-hydrogen) atoms. The largest absolute Gasteiger partial charge is 1.00 e. The molecule has 0 aliphatic carbocycles. The van der Waals surface area contributed by atoms with Gasteiger partial charge in [0.1, 0.15) is 0 Å². The van der Waals surface area contributed by atoms with Gasteiger partial charge < -0.3 is 15.3 Å². The summed E-state index contributed by atoms with van der Waals surface area (Å²) in [6.07, 6.45) is 6.86. The van der Waals surface area contributed by atoms with E-state index in [1.807, 2.05) is 6.08 Å². The van der Waals surface area contributed by atoms with Crippen molar-refractivity contribution in [3.8, 4) is 0 Å². The standard InChI is InChI=1S/C15H28N2O4.Na/c1-3-4-5-6-7-8-14(19)16-12-17(11-13(2)18)10-9-15(20)21;/h7-8,13,18H,3-6,9-12H2,1-2H3,(H,16,19)(H,20,21);/q;+1/p-1/b8-7+;. The van der Waals surface area contributed by atoms with Crippen LogP contribution < -0.4 is 34.7 Å². The average Bonchev–Trinajstić information content (AvgIpc) is 2.41. The molecule has 0 aliphatic rings. The molecule has 0 aromatic heterocycles. The molecular formula is C15H27N2NaO4. The molecular weight excluding hydrogens is 295 g/mol. The number of carboxylic acid groups (broad SMARTS) is 1. The minimum atomic E-state index is -0.910. The van der Waals surface area contributed by atoms with Gasteiger partial charge in [0, 0.05) is 13.1 Å².